The molecule has 0 saturated carbocycles. The summed E-state index contributed by atoms with van der Waals surface area (Å²) in [5, 5.41) is 13.0. The van der Waals surface area contributed by atoms with Gasteiger partial charge in [0.2, 0.25) is 0 Å². The molecule has 0 aliphatic rings. The first-order chi connectivity index (χ1) is 7.47. The normalized spacial score (nSPS) is 11.6. The monoisotopic (exact) mass is 232 g/mol. The van der Waals surface area contributed by atoms with Crippen molar-refractivity contribution in [2.24, 2.45) is 11.5 Å². The third kappa shape index (κ3) is 6.60. The largest absolute Gasteiger partial charge is 0.548 e. The first kappa shape index (κ1) is 14.2. The molecule has 0 fully saturated rings. The Balaban J connectivity index is 4.00. The number of amides is 1. The molecule has 0 radical (unpaired) electrons. The minimum Gasteiger partial charge on any atom is -0.548 e. The highest BCUT2D eigenvalue weighted by Gasteiger charge is 2.12. The van der Waals surface area contributed by atoms with Crippen molar-refractivity contribution in [3.8, 4) is 0 Å². The van der Waals surface area contributed by atoms with E-state index in [0.717, 1.165) is 0 Å². The Morgan fingerprint density at radius 2 is 2.06 bits per heavy atom. The van der Waals surface area contributed by atoms with Crippen LogP contribution in [-0.4, -0.2) is 37.0 Å². The van der Waals surface area contributed by atoms with Gasteiger partial charge in [0.25, 0.3) is 5.91 Å². The van der Waals surface area contributed by atoms with Crippen LogP contribution in [0.3, 0.4) is 0 Å². The summed E-state index contributed by atoms with van der Waals surface area (Å²) in [4.78, 5) is 24.2. The van der Waals surface area contributed by atoms with Gasteiger partial charge < -0.3 is 21.0 Å². The molecule has 0 rings (SSSR count). The van der Waals surface area contributed by atoms with Gasteiger partial charge in [-0.25, -0.2) is 0 Å². The van der Waals surface area contributed by atoms with E-state index in [9.17, 15) is 14.7 Å². The van der Waals surface area contributed by atoms with Crippen LogP contribution in [0.25, 0.3) is 0 Å². The summed E-state index contributed by atoms with van der Waals surface area (Å²) < 4.78 is 0. The lowest BCUT2D eigenvalue weighted by molar-refractivity contribution is -0.459. The molecule has 0 aromatic carbocycles. The van der Waals surface area contributed by atoms with E-state index in [-0.39, 0.29) is 18.9 Å². The van der Waals surface area contributed by atoms with Gasteiger partial charge in [0.05, 0.1) is 18.6 Å². The number of carbonyl (C=O) groups is 2. The second kappa shape index (κ2) is 7.46. The number of carboxylic acids is 1. The molecule has 8 nitrogen and oxygen atoms in total. The molecule has 1 atom stereocenters. The zero-order valence-electron chi connectivity index (χ0n) is 8.99. The third-order valence-corrected chi connectivity index (χ3v) is 1.85. The number of hydrogen-bond donors (Lipinski definition) is 5. The molecule has 9 N–H and O–H groups in total. The fraction of sp³-hybridized carbons (Fsp3) is 0.625. The van der Waals surface area contributed by atoms with Gasteiger partial charge in [0.1, 0.15) is 0 Å². The summed E-state index contributed by atoms with van der Waals surface area (Å²) in [5.41, 5.74) is 13.6. The molecular formula is C8H18N5O3+. The van der Waals surface area contributed by atoms with Gasteiger partial charge in [-0.1, -0.05) is 0 Å². The highest BCUT2D eigenvalue weighted by Crippen LogP contribution is 1.94. The lowest BCUT2D eigenvalue weighted by atomic mass is 10.1. The molecular weight excluding hydrogens is 214 g/mol. The fourth-order valence-electron chi connectivity index (χ4n) is 1.05. The van der Waals surface area contributed by atoms with Crippen LogP contribution in [0.15, 0.2) is 0 Å². The van der Waals surface area contributed by atoms with Crippen LogP contribution in [0.5, 0.6) is 0 Å². The van der Waals surface area contributed by atoms with Crippen LogP contribution in [0.1, 0.15) is 12.8 Å². The van der Waals surface area contributed by atoms with Crippen molar-refractivity contribution in [1.29, 1.82) is 0 Å². The maximum absolute atomic E-state index is 10.9. The van der Waals surface area contributed by atoms with Crippen molar-refractivity contribution < 1.29 is 25.4 Å². The van der Waals surface area contributed by atoms with Crippen LogP contribution in [-0.2, 0) is 9.59 Å². The Morgan fingerprint density at radius 3 is 2.50 bits per heavy atom. The van der Waals surface area contributed by atoms with E-state index >= 15 is 0 Å². The number of aliphatic carboxylic acids is 1. The van der Waals surface area contributed by atoms with Crippen molar-refractivity contribution in [2.75, 3.05) is 13.1 Å². The maximum atomic E-state index is 10.9. The fourth-order valence-corrected chi connectivity index (χ4v) is 1.05. The summed E-state index contributed by atoms with van der Waals surface area (Å²) in [6.07, 6.45) is 0.738. The second-order valence-corrected chi connectivity index (χ2v) is 3.21. The predicted octanol–water partition coefficient (Wildman–Crippen LogP) is -6.40. The predicted molar refractivity (Wildman–Crippen MR) is 53.1 cm³/mol. The van der Waals surface area contributed by atoms with Gasteiger partial charge in [-0.2, -0.15) is 0 Å². The Bertz CT molecular complexity index is 275. The summed E-state index contributed by atoms with van der Waals surface area (Å²) in [7, 11) is 0. The molecule has 8 heteroatoms. The molecule has 0 spiro atoms. The minimum absolute atomic E-state index is 0.00838. The summed E-state index contributed by atoms with van der Waals surface area (Å²) in [6.45, 7) is 0.428. The minimum atomic E-state index is -1.31. The number of guanidine groups is 1. The molecule has 16 heavy (non-hydrogen) atoms. The van der Waals surface area contributed by atoms with E-state index in [4.69, 9.17) is 11.5 Å². The molecule has 0 heterocycles. The van der Waals surface area contributed by atoms with Crippen molar-refractivity contribution in [3.05, 3.63) is 0 Å². The van der Waals surface area contributed by atoms with Gasteiger partial charge in [-0.15, -0.1) is 0 Å². The van der Waals surface area contributed by atoms with Crippen LogP contribution in [0.2, 0.25) is 0 Å². The Morgan fingerprint density at radius 1 is 1.44 bits per heavy atom. The average molecular weight is 232 g/mol. The van der Waals surface area contributed by atoms with Gasteiger partial charge in [0.15, 0.2) is 6.54 Å². The summed E-state index contributed by atoms with van der Waals surface area (Å²) >= 11 is 0. The van der Waals surface area contributed by atoms with Gasteiger partial charge in [-0.3, -0.25) is 21.3 Å². The first-order valence-corrected chi connectivity index (χ1v) is 4.88. The lowest BCUT2D eigenvalue weighted by Crippen LogP contribution is -2.78. The number of nitrogens with one attached hydrogen (secondary N) is 2. The number of nitrogens with two attached hydrogens (primary N) is 2. The molecule has 0 aliphatic heterocycles. The molecule has 0 saturated heterocycles. The van der Waals surface area contributed by atoms with E-state index < -0.39 is 17.9 Å². The molecule has 1 amide bonds. The average Bonchev–Trinajstić information content (AvgIpc) is 2.21. The third-order valence-electron chi connectivity index (χ3n) is 1.85. The summed E-state index contributed by atoms with van der Waals surface area (Å²) in [6, 6.07) is -1.00. The molecule has 92 valence electrons. The van der Waals surface area contributed by atoms with E-state index in [1.807, 2.05) is 0 Å². The number of rotatable bonds is 7. The molecule has 0 unspecified atom stereocenters. The molecule has 0 aliphatic carbocycles. The van der Waals surface area contributed by atoms with E-state index in [2.05, 4.69) is 16.0 Å². The SMILES string of the molecule is NC(N)=[NH+]CCC[C@H](NC(=O)C[NH3+])C(=O)[O-]. The quantitative estimate of drug-likeness (QED) is 0.167. The van der Waals surface area contributed by atoms with Crippen molar-refractivity contribution in [3.63, 3.8) is 0 Å². The molecule has 0 aromatic rings. The highest BCUT2D eigenvalue weighted by molar-refractivity contribution is 5.83. The summed E-state index contributed by atoms with van der Waals surface area (Å²) in [5.74, 6) is -1.66. The topological polar surface area (TPSA) is 163 Å². The molecule has 0 aromatic heterocycles. The van der Waals surface area contributed by atoms with Crippen molar-refractivity contribution in [2.45, 2.75) is 18.9 Å². The van der Waals surface area contributed by atoms with Crippen molar-refractivity contribution in [1.82, 2.24) is 5.32 Å². The standard InChI is InChI=1S/C8H17N5O3/c9-4-6(14)13-5(7(15)16)2-1-3-12-8(10)11/h5H,1-4,9H2,(H,13,14)(H,15,16)(H4,10,11,12)/p+1/t5-/m0/s1. The van der Waals surface area contributed by atoms with Crippen molar-refractivity contribution >= 4 is 17.8 Å². The van der Waals surface area contributed by atoms with Gasteiger partial charge in [0, 0.05) is 0 Å². The van der Waals surface area contributed by atoms with E-state index in [0.29, 0.717) is 13.0 Å². The second-order valence-electron chi connectivity index (χ2n) is 3.21. The Hall–Kier alpha value is -1.83. The number of carboxylic acid groups (broad SMARTS) is 1. The zero-order valence-corrected chi connectivity index (χ0v) is 8.99. The first-order valence-electron chi connectivity index (χ1n) is 4.88. The smallest absolute Gasteiger partial charge is 0.338 e. The zero-order chi connectivity index (χ0) is 12.6. The van der Waals surface area contributed by atoms with Gasteiger partial charge >= 0.3 is 5.96 Å². The van der Waals surface area contributed by atoms with Gasteiger partial charge in [-0.05, 0) is 12.8 Å². The van der Waals surface area contributed by atoms with Crippen LogP contribution < -0.4 is 32.6 Å². The number of quaternary nitrogens is 1. The van der Waals surface area contributed by atoms with Crippen LogP contribution >= 0.6 is 0 Å². The van der Waals surface area contributed by atoms with E-state index in [1.165, 1.54) is 0 Å². The number of hydrogen-bond acceptors (Lipinski definition) is 3. The maximum Gasteiger partial charge on any atom is 0.338 e. The lowest BCUT2D eigenvalue weighted by Gasteiger charge is -2.18. The van der Waals surface area contributed by atoms with E-state index in [1.54, 1.807) is 0 Å². The number of carbonyl (C=O) groups excluding carboxylic acids is 2. The highest BCUT2D eigenvalue weighted by atomic mass is 16.4. The Labute approximate surface area is 92.9 Å². The van der Waals surface area contributed by atoms with Crippen LogP contribution in [0, 0.1) is 0 Å². The Kier molecular flexibility index (Phi) is 6.61. The molecule has 0 bridgehead atoms. The van der Waals surface area contributed by atoms with Crippen LogP contribution in [0.4, 0.5) is 0 Å².